The molecule has 0 N–H and O–H groups in total. The van der Waals surface area contributed by atoms with E-state index >= 15 is 0 Å². The van der Waals surface area contributed by atoms with Crippen LogP contribution < -0.4 is 0 Å². The van der Waals surface area contributed by atoms with Crippen molar-refractivity contribution in [2.24, 2.45) is 0 Å². The maximum Gasteiger partial charge on any atom is 0.332 e. The van der Waals surface area contributed by atoms with Crippen molar-refractivity contribution in [3.8, 4) is 0 Å². The molecule has 1 heterocycles. The maximum atomic E-state index is 11.5. The van der Waals surface area contributed by atoms with Crippen molar-refractivity contribution >= 4 is 23.4 Å². The Bertz CT molecular complexity index is 836. The van der Waals surface area contributed by atoms with E-state index in [1.165, 1.54) is 18.1 Å². The lowest BCUT2D eigenvalue weighted by atomic mass is 9.96. The van der Waals surface area contributed by atoms with Crippen LogP contribution in [0.1, 0.15) is 24.1 Å². The third-order valence-corrected chi connectivity index (χ3v) is 5.53. The van der Waals surface area contributed by atoms with E-state index in [4.69, 9.17) is 21.1 Å². The fraction of sp³-hybridized carbons (Fsp3) is 0.417. The largest absolute Gasteiger partial charge is 0.456 e. The summed E-state index contributed by atoms with van der Waals surface area (Å²) >= 11 is 6.10. The van der Waals surface area contributed by atoms with E-state index in [1.807, 2.05) is 18.2 Å². The molecule has 1 aliphatic rings. The SMILES string of the molecule is CC(=O)COC(=O)COCCN1CCN(C(c2ccccc2)c2ccc(Cl)cc2)CC1. The number of ketones is 1. The molecule has 0 saturated carbocycles. The van der Waals surface area contributed by atoms with Gasteiger partial charge in [0.15, 0.2) is 5.78 Å². The second-order valence-electron chi connectivity index (χ2n) is 7.66. The first-order chi connectivity index (χ1) is 15.0. The molecule has 1 saturated heterocycles. The molecular weight excluding hydrogens is 416 g/mol. The first-order valence-corrected chi connectivity index (χ1v) is 10.9. The highest BCUT2D eigenvalue weighted by atomic mass is 35.5. The molecule has 6 nitrogen and oxygen atoms in total. The lowest BCUT2D eigenvalue weighted by molar-refractivity contribution is -0.152. The van der Waals surface area contributed by atoms with Crippen LogP contribution >= 0.6 is 11.6 Å². The van der Waals surface area contributed by atoms with Gasteiger partial charge in [-0.2, -0.15) is 0 Å². The smallest absolute Gasteiger partial charge is 0.332 e. The van der Waals surface area contributed by atoms with E-state index in [0.29, 0.717) is 6.61 Å². The molecule has 7 heteroatoms. The third-order valence-electron chi connectivity index (χ3n) is 5.28. The Balaban J connectivity index is 1.49. The minimum absolute atomic E-state index is 0.125. The fourth-order valence-corrected chi connectivity index (χ4v) is 3.84. The van der Waals surface area contributed by atoms with Crippen LogP contribution in [0.25, 0.3) is 0 Å². The van der Waals surface area contributed by atoms with Gasteiger partial charge in [0.1, 0.15) is 13.2 Å². The molecule has 1 fully saturated rings. The summed E-state index contributed by atoms with van der Waals surface area (Å²) in [4.78, 5) is 27.1. The molecule has 2 aromatic rings. The van der Waals surface area contributed by atoms with Crippen LogP contribution in [-0.2, 0) is 19.1 Å². The standard InChI is InChI=1S/C24H29ClN2O4/c1-19(28)17-31-23(29)18-30-16-15-26-11-13-27(14-12-26)24(20-5-3-2-4-6-20)21-7-9-22(25)10-8-21/h2-10,24H,11-18H2,1H3. The van der Waals surface area contributed by atoms with E-state index < -0.39 is 5.97 Å². The van der Waals surface area contributed by atoms with Gasteiger partial charge >= 0.3 is 5.97 Å². The minimum atomic E-state index is -0.506. The number of esters is 1. The minimum Gasteiger partial charge on any atom is -0.456 e. The molecule has 3 rings (SSSR count). The van der Waals surface area contributed by atoms with Crippen molar-refractivity contribution in [3.05, 3.63) is 70.7 Å². The third kappa shape index (κ3) is 7.43. The highest BCUT2D eigenvalue weighted by Crippen LogP contribution is 2.30. The average molecular weight is 445 g/mol. The van der Waals surface area contributed by atoms with Gasteiger partial charge in [-0.15, -0.1) is 0 Å². The zero-order valence-corrected chi connectivity index (χ0v) is 18.6. The van der Waals surface area contributed by atoms with Gasteiger partial charge in [-0.3, -0.25) is 14.6 Å². The zero-order chi connectivity index (χ0) is 22.1. The molecule has 31 heavy (non-hydrogen) atoms. The summed E-state index contributed by atoms with van der Waals surface area (Å²) < 4.78 is 10.2. The first-order valence-electron chi connectivity index (χ1n) is 10.5. The van der Waals surface area contributed by atoms with Crippen LogP contribution in [0.2, 0.25) is 5.02 Å². The molecule has 0 aliphatic carbocycles. The van der Waals surface area contributed by atoms with Gasteiger partial charge in [0.25, 0.3) is 0 Å². The fourth-order valence-electron chi connectivity index (χ4n) is 3.71. The second kappa shape index (κ2) is 12.0. The first kappa shape index (κ1) is 23.4. The van der Waals surface area contributed by atoms with E-state index in [2.05, 4.69) is 46.2 Å². The van der Waals surface area contributed by atoms with Gasteiger partial charge in [-0.1, -0.05) is 54.1 Å². The Morgan fingerprint density at radius 3 is 2.23 bits per heavy atom. The Kier molecular flexibility index (Phi) is 9.03. The van der Waals surface area contributed by atoms with Crippen LogP contribution in [0, 0.1) is 0 Å². The number of carbonyl (C=O) groups is 2. The Hall–Kier alpha value is -2.25. The topological polar surface area (TPSA) is 59.1 Å². The van der Waals surface area contributed by atoms with E-state index in [9.17, 15) is 9.59 Å². The molecule has 1 aliphatic heterocycles. The van der Waals surface area contributed by atoms with Gasteiger partial charge in [0, 0.05) is 37.7 Å². The second-order valence-corrected chi connectivity index (χ2v) is 8.09. The molecule has 0 bridgehead atoms. The van der Waals surface area contributed by atoms with Crippen molar-refractivity contribution in [3.63, 3.8) is 0 Å². The van der Waals surface area contributed by atoms with Gasteiger partial charge < -0.3 is 9.47 Å². The Morgan fingerprint density at radius 2 is 1.58 bits per heavy atom. The monoisotopic (exact) mass is 444 g/mol. The number of nitrogens with zero attached hydrogens (tertiary/aromatic N) is 2. The van der Waals surface area contributed by atoms with Gasteiger partial charge in [-0.05, 0) is 30.2 Å². The number of carbonyl (C=O) groups excluding carboxylic acids is 2. The lowest BCUT2D eigenvalue weighted by Crippen LogP contribution is -2.48. The summed E-state index contributed by atoms with van der Waals surface area (Å²) in [5.41, 5.74) is 2.50. The highest BCUT2D eigenvalue weighted by molar-refractivity contribution is 6.30. The van der Waals surface area contributed by atoms with E-state index in [-0.39, 0.29) is 25.0 Å². The normalized spacial score (nSPS) is 16.1. The van der Waals surface area contributed by atoms with Crippen LogP contribution in [0.3, 0.4) is 0 Å². The highest BCUT2D eigenvalue weighted by Gasteiger charge is 2.26. The number of piperazine rings is 1. The predicted octanol–water partition coefficient (Wildman–Crippen LogP) is 3.20. The molecule has 0 spiro atoms. The number of hydrogen-bond acceptors (Lipinski definition) is 6. The molecule has 1 unspecified atom stereocenters. The number of benzene rings is 2. The number of rotatable bonds is 10. The molecule has 2 aromatic carbocycles. The molecule has 166 valence electrons. The number of halogens is 1. The number of ether oxygens (including phenoxy) is 2. The molecule has 1 atom stereocenters. The summed E-state index contributed by atoms with van der Waals surface area (Å²) in [7, 11) is 0. The molecular formula is C24H29ClN2O4. The van der Waals surface area contributed by atoms with Crippen LogP contribution in [0.4, 0.5) is 0 Å². The van der Waals surface area contributed by atoms with Gasteiger partial charge in [0.2, 0.25) is 0 Å². The van der Waals surface area contributed by atoms with Crippen molar-refractivity contribution in [1.29, 1.82) is 0 Å². The van der Waals surface area contributed by atoms with E-state index in [0.717, 1.165) is 37.7 Å². The van der Waals surface area contributed by atoms with Crippen LogP contribution in [-0.4, -0.2) is 74.1 Å². The summed E-state index contributed by atoms with van der Waals surface area (Å²) in [5.74, 6) is -0.688. The van der Waals surface area contributed by atoms with Crippen LogP contribution in [0.5, 0.6) is 0 Å². The number of Topliss-reactive ketones (excluding diaryl/α,β-unsaturated/α-hetero) is 1. The zero-order valence-electron chi connectivity index (χ0n) is 17.8. The van der Waals surface area contributed by atoms with Crippen molar-refractivity contribution < 1.29 is 19.1 Å². The molecule has 0 radical (unpaired) electrons. The van der Waals surface area contributed by atoms with Crippen molar-refractivity contribution in [2.45, 2.75) is 13.0 Å². The molecule has 0 amide bonds. The maximum absolute atomic E-state index is 11.5. The summed E-state index contributed by atoms with van der Waals surface area (Å²) in [6.45, 7) is 5.98. The van der Waals surface area contributed by atoms with Crippen LogP contribution in [0.15, 0.2) is 54.6 Å². The van der Waals surface area contributed by atoms with Crippen molar-refractivity contribution in [2.75, 3.05) is 52.5 Å². The summed E-state index contributed by atoms with van der Waals surface area (Å²) in [5, 5.41) is 0.741. The van der Waals surface area contributed by atoms with E-state index in [1.54, 1.807) is 0 Å². The molecule has 0 aromatic heterocycles. The number of hydrogen-bond donors (Lipinski definition) is 0. The Morgan fingerprint density at radius 1 is 0.935 bits per heavy atom. The lowest BCUT2D eigenvalue weighted by Gasteiger charge is -2.39. The van der Waals surface area contributed by atoms with Gasteiger partial charge in [-0.25, -0.2) is 4.79 Å². The summed E-state index contributed by atoms with van der Waals surface area (Å²) in [6.07, 6.45) is 0. The average Bonchev–Trinajstić information content (AvgIpc) is 2.78. The quantitative estimate of drug-likeness (QED) is 0.414. The van der Waals surface area contributed by atoms with Crippen molar-refractivity contribution in [1.82, 2.24) is 9.80 Å². The Labute approximate surface area is 188 Å². The predicted molar refractivity (Wildman–Crippen MR) is 120 cm³/mol. The summed E-state index contributed by atoms with van der Waals surface area (Å²) in [6, 6.07) is 18.8. The van der Waals surface area contributed by atoms with Gasteiger partial charge in [0.05, 0.1) is 12.6 Å².